The summed E-state index contributed by atoms with van der Waals surface area (Å²) in [6.45, 7) is 1.86. The first-order valence-electron chi connectivity index (χ1n) is 6.49. The highest BCUT2D eigenvalue weighted by molar-refractivity contribution is 6.30. The minimum absolute atomic E-state index is 0.0793. The average molecular weight is 284 g/mol. The molecule has 1 unspecified atom stereocenters. The Morgan fingerprint density at radius 1 is 1.37 bits per heavy atom. The van der Waals surface area contributed by atoms with E-state index in [1.807, 2.05) is 0 Å². The van der Waals surface area contributed by atoms with Crippen LogP contribution in [0.4, 0.5) is 0 Å². The van der Waals surface area contributed by atoms with Gasteiger partial charge in [0.2, 0.25) is 0 Å². The second kappa shape index (κ2) is 6.26. The molecule has 1 heterocycles. The molecule has 1 atom stereocenters. The second-order valence-corrected chi connectivity index (χ2v) is 5.41. The van der Waals surface area contributed by atoms with E-state index < -0.39 is 5.97 Å². The van der Waals surface area contributed by atoms with Crippen LogP contribution in [0.1, 0.15) is 24.8 Å². The van der Waals surface area contributed by atoms with E-state index in [1.54, 1.807) is 18.2 Å². The van der Waals surface area contributed by atoms with Crippen LogP contribution in [0, 0.1) is 0 Å². The van der Waals surface area contributed by atoms with Crippen LogP contribution in [-0.2, 0) is 11.2 Å². The summed E-state index contributed by atoms with van der Waals surface area (Å²) in [7, 11) is 0. The molecule has 1 fully saturated rings. The van der Waals surface area contributed by atoms with Gasteiger partial charge >= 0.3 is 5.97 Å². The monoisotopic (exact) mass is 283 g/mol. The van der Waals surface area contributed by atoms with Gasteiger partial charge in [0.15, 0.2) is 0 Å². The van der Waals surface area contributed by atoms with E-state index in [0.29, 0.717) is 17.0 Å². The summed E-state index contributed by atoms with van der Waals surface area (Å²) >= 11 is 5.92. The van der Waals surface area contributed by atoms with Gasteiger partial charge in [-0.2, -0.15) is 0 Å². The van der Waals surface area contributed by atoms with E-state index in [2.05, 4.69) is 4.90 Å². The van der Waals surface area contributed by atoms with Crippen molar-refractivity contribution in [3.8, 4) is 5.75 Å². The number of benzene rings is 1. The Morgan fingerprint density at radius 3 is 2.68 bits per heavy atom. The topological polar surface area (TPSA) is 60.8 Å². The molecule has 0 aliphatic carbocycles. The Labute approximate surface area is 117 Å². The number of hydrogen-bond acceptors (Lipinski definition) is 3. The molecule has 1 aromatic carbocycles. The lowest BCUT2D eigenvalue weighted by Crippen LogP contribution is -2.36. The van der Waals surface area contributed by atoms with E-state index >= 15 is 0 Å². The van der Waals surface area contributed by atoms with Gasteiger partial charge in [-0.3, -0.25) is 9.69 Å². The fraction of sp³-hybridized carbons (Fsp3) is 0.500. The third-order valence-corrected chi connectivity index (χ3v) is 3.80. The molecule has 0 spiro atoms. The number of carbonyl (C=O) groups is 1. The first kappa shape index (κ1) is 14.2. The Bertz CT molecular complexity index is 458. The quantitative estimate of drug-likeness (QED) is 0.872. The molecule has 4 nitrogen and oxygen atoms in total. The highest BCUT2D eigenvalue weighted by atomic mass is 35.5. The number of carboxylic acid groups (broad SMARTS) is 1. The van der Waals surface area contributed by atoms with Gasteiger partial charge in [0, 0.05) is 11.1 Å². The van der Waals surface area contributed by atoms with Crippen molar-refractivity contribution in [2.75, 3.05) is 13.1 Å². The number of aromatic hydroxyl groups is 1. The van der Waals surface area contributed by atoms with Gasteiger partial charge in [-0.15, -0.1) is 0 Å². The summed E-state index contributed by atoms with van der Waals surface area (Å²) in [6.07, 6.45) is 2.82. The van der Waals surface area contributed by atoms with Crippen molar-refractivity contribution in [2.45, 2.75) is 31.7 Å². The molecule has 0 bridgehead atoms. The first-order chi connectivity index (χ1) is 9.06. The Hall–Kier alpha value is -1.26. The summed E-state index contributed by atoms with van der Waals surface area (Å²) in [5, 5.41) is 19.4. The summed E-state index contributed by atoms with van der Waals surface area (Å²) in [6, 6.07) is 4.81. The fourth-order valence-corrected chi connectivity index (χ4v) is 2.80. The molecule has 0 radical (unpaired) electrons. The number of nitrogens with zero attached hydrogens (tertiary/aromatic N) is 1. The molecule has 1 aliphatic rings. The zero-order valence-electron chi connectivity index (χ0n) is 10.7. The molecular weight excluding hydrogens is 266 g/mol. The molecule has 0 saturated carbocycles. The van der Waals surface area contributed by atoms with Crippen LogP contribution in [0.5, 0.6) is 5.75 Å². The van der Waals surface area contributed by atoms with Gasteiger partial charge < -0.3 is 10.2 Å². The van der Waals surface area contributed by atoms with Crippen LogP contribution in [-0.4, -0.2) is 40.2 Å². The van der Waals surface area contributed by atoms with Gasteiger partial charge in [0.1, 0.15) is 5.75 Å². The number of phenolic OH excluding ortho intramolecular Hbond substituents is 1. The maximum atomic E-state index is 11.0. The number of halogens is 1. The first-order valence-corrected chi connectivity index (χ1v) is 6.87. The molecule has 2 N–H and O–H groups in total. The number of aliphatic carboxylic acids is 1. The van der Waals surface area contributed by atoms with E-state index in [-0.39, 0.29) is 18.2 Å². The molecule has 104 valence electrons. The maximum absolute atomic E-state index is 11.0. The highest BCUT2D eigenvalue weighted by Gasteiger charge is 2.25. The Kier molecular flexibility index (Phi) is 4.66. The van der Waals surface area contributed by atoms with E-state index in [1.165, 1.54) is 0 Å². The minimum atomic E-state index is -0.807. The molecule has 1 aromatic rings. The average Bonchev–Trinajstić information content (AvgIpc) is 2.86. The lowest BCUT2D eigenvalue weighted by molar-refractivity contribution is -0.138. The van der Waals surface area contributed by atoms with Crippen LogP contribution in [0.25, 0.3) is 0 Å². The summed E-state index contributed by atoms with van der Waals surface area (Å²) in [4.78, 5) is 13.2. The largest absolute Gasteiger partial charge is 0.508 e. The molecule has 5 heteroatoms. The Morgan fingerprint density at radius 2 is 2.05 bits per heavy atom. The minimum Gasteiger partial charge on any atom is -0.508 e. The predicted molar refractivity (Wildman–Crippen MR) is 73.7 cm³/mol. The van der Waals surface area contributed by atoms with E-state index in [0.717, 1.165) is 25.9 Å². The van der Waals surface area contributed by atoms with Gasteiger partial charge in [-0.25, -0.2) is 0 Å². The van der Waals surface area contributed by atoms with Gasteiger partial charge in [-0.05, 0) is 56.1 Å². The van der Waals surface area contributed by atoms with Crippen molar-refractivity contribution in [1.82, 2.24) is 4.90 Å². The summed E-state index contributed by atoms with van der Waals surface area (Å²) < 4.78 is 0. The van der Waals surface area contributed by atoms with Crippen LogP contribution in [0.15, 0.2) is 18.2 Å². The lowest BCUT2D eigenvalue weighted by atomic mass is 10.0. The van der Waals surface area contributed by atoms with Gasteiger partial charge in [-0.1, -0.05) is 11.6 Å². The second-order valence-electron chi connectivity index (χ2n) is 4.97. The third-order valence-electron chi connectivity index (χ3n) is 3.56. The highest BCUT2D eigenvalue weighted by Crippen LogP contribution is 2.26. The SMILES string of the molecule is O=C(O)CC(Cc1cc(Cl)ccc1O)N1CCCC1. The van der Waals surface area contributed by atoms with Crippen molar-refractivity contribution in [2.24, 2.45) is 0 Å². The Balaban J connectivity index is 2.14. The van der Waals surface area contributed by atoms with E-state index in [4.69, 9.17) is 16.7 Å². The number of carboxylic acids is 1. The number of rotatable bonds is 5. The van der Waals surface area contributed by atoms with Crippen molar-refractivity contribution in [3.63, 3.8) is 0 Å². The molecule has 1 aliphatic heterocycles. The standard InChI is InChI=1S/C14H18ClNO3/c15-11-3-4-13(17)10(7-11)8-12(9-14(18)19)16-5-1-2-6-16/h3-4,7,12,17H,1-2,5-6,8-9H2,(H,18,19). The smallest absolute Gasteiger partial charge is 0.304 e. The molecule has 1 saturated heterocycles. The third kappa shape index (κ3) is 3.85. The number of likely N-dealkylation sites (tertiary alicyclic amines) is 1. The fourth-order valence-electron chi connectivity index (χ4n) is 2.61. The van der Waals surface area contributed by atoms with Crippen LogP contribution in [0.3, 0.4) is 0 Å². The maximum Gasteiger partial charge on any atom is 0.304 e. The number of phenols is 1. The van der Waals surface area contributed by atoms with Crippen LogP contribution >= 0.6 is 11.6 Å². The van der Waals surface area contributed by atoms with Gasteiger partial charge in [0.25, 0.3) is 0 Å². The van der Waals surface area contributed by atoms with Crippen molar-refractivity contribution < 1.29 is 15.0 Å². The number of hydrogen-bond donors (Lipinski definition) is 2. The molecule has 19 heavy (non-hydrogen) atoms. The molecule has 2 rings (SSSR count). The zero-order chi connectivity index (χ0) is 13.8. The predicted octanol–water partition coefficient (Wildman–Crippen LogP) is 2.53. The summed E-state index contributed by atoms with van der Waals surface area (Å²) in [5.74, 6) is -0.627. The van der Waals surface area contributed by atoms with E-state index in [9.17, 15) is 9.90 Å². The van der Waals surface area contributed by atoms with Crippen molar-refractivity contribution >= 4 is 17.6 Å². The van der Waals surface area contributed by atoms with Crippen molar-refractivity contribution in [1.29, 1.82) is 0 Å². The van der Waals surface area contributed by atoms with Crippen molar-refractivity contribution in [3.05, 3.63) is 28.8 Å². The molecule has 0 aromatic heterocycles. The normalized spacial score (nSPS) is 17.5. The van der Waals surface area contributed by atoms with Crippen LogP contribution < -0.4 is 0 Å². The molecular formula is C14H18ClNO3. The lowest BCUT2D eigenvalue weighted by Gasteiger charge is -2.26. The molecule has 0 amide bonds. The zero-order valence-corrected chi connectivity index (χ0v) is 11.4. The van der Waals surface area contributed by atoms with Gasteiger partial charge in [0.05, 0.1) is 6.42 Å². The van der Waals surface area contributed by atoms with Crippen LogP contribution in [0.2, 0.25) is 5.02 Å². The summed E-state index contributed by atoms with van der Waals surface area (Å²) in [5.41, 5.74) is 0.714.